The smallest absolute Gasteiger partial charge is 0.318 e. The molecular formula is C21H22BrN3O3. The molecule has 6 nitrogen and oxygen atoms in total. The number of hydrogen-bond acceptors (Lipinski definition) is 6. The third-order valence-corrected chi connectivity index (χ3v) is 4.91. The molecule has 0 bridgehead atoms. The lowest BCUT2D eigenvalue weighted by atomic mass is 10.1. The lowest BCUT2D eigenvalue weighted by Gasteiger charge is -2.17. The first-order valence-corrected chi connectivity index (χ1v) is 9.50. The van der Waals surface area contributed by atoms with Gasteiger partial charge in [-0.25, -0.2) is 4.98 Å². The molecule has 0 aliphatic carbocycles. The van der Waals surface area contributed by atoms with Crippen molar-refractivity contribution in [2.45, 2.75) is 20.5 Å². The molecule has 0 amide bonds. The molecule has 1 N–H and O–H groups in total. The number of rotatable bonds is 7. The summed E-state index contributed by atoms with van der Waals surface area (Å²) in [6.45, 7) is 4.53. The third kappa shape index (κ3) is 4.54. The quantitative estimate of drug-likeness (QED) is 0.541. The Morgan fingerprint density at radius 1 is 1.00 bits per heavy atom. The molecule has 28 heavy (non-hydrogen) atoms. The molecule has 3 rings (SSSR count). The van der Waals surface area contributed by atoms with Crippen LogP contribution in [-0.4, -0.2) is 24.2 Å². The number of hydrogen-bond donors (Lipinski definition) is 1. The van der Waals surface area contributed by atoms with Gasteiger partial charge in [0.05, 0.1) is 24.9 Å². The topological polar surface area (TPSA) is 65.5 Å². The second-order valence-electron chi connectivity index (χ2n) is 6.20. The van der Waals surface area contributed by atoms with Gasteiger partial charge in [-0.2, -0.15) is 4.98 Å². The number of aromatic nitrogens is 2. The summed E-state index contributed by atoms with van der Waals surface area (Å²) < 4.78 is 17.1. The number of aryl methyl sites for hydroxylation is 1. The standard InChI is InChI=1S/C21H22BrN3O3/c1-13-5-10-18(28-12-15-6-8-16(26-3)9-7-15)14(2)19(13)24-20-17(22)11-23-21(25-20)27-4/h5-11H,12H2,1-4H3,(H,23,24,25). The average molecular weight is 444 g/mol. The van der Waals surface area contributed by atoms with Gasteiger partial charge in [0, 0.05) is 11.3 Å². The lowest BCUT2D eigenvalue weighted by molar-refractivity contribution is 0.304. The minimum absolute atomic E-state index is 0.299. The Bertz CT molecular complexity index is 962. The van der Waals surface area contributed by atoms with Crippen LogP contribution in [0.1, 0.15) is 16.7 Å². The Balaban J connectivity index is 1.81. The number of halogens is 1. The fourth-order valence-electron chi connectivity index (χ4n) is 2.71. The first kappa shape index (κ1) is 19.9. The number of methoxy groups -OCH3 is 2. The Hall–Kier alpha value is -2.80. The largest absolute Gasteiger partial charge is 0.497 e. The summed E-state index contributed by atoms with van der Waals surface area (Å²) in [7, 11) is 3.19. The van der Waals surface area contributed by atoms with E-state index in [4.69, 9.17) is 14.2 Å². The number of ether oxygens (including phenoxy) is 3. The minimum atomic E-state index is 0.299. The molecule has 3 aromatic rings. The van der Waals surface area contributed by atoms with Gasteiger partial charge in [0.2, 0.25) is 0 Å². The number of nitrogens with one attached hydrogen (secondary N) is 1. The SMILES string of the molecule is COc1ccc(COc2ccc(C)c(Nc3nc(OC)ncc3Br)c2C)cc1. The van der Waals surface area contributed by atoms with Crippen molar-refractivity contribution in [2.75, 3.05) is 19.5 Å². The first-order valence-electron chi connectivity index (χ1n) is 8.71. The van der Waals surface area contributed by atoms with Gasteiger partial charge < -0.3 is 19.5 Å². The molecule has 0 spiro atoms. The molecule has 0 aliphatic heterocycles. The van der Waals surface area contributed by atoms with Crippen molar-refractivity contribution >= 4 is 27.4 Å². The zero-order valence-corrected chi connectivity index (χ0v) is 17.8. The van der Waals surface area contributed by atoms with E-state index in [1.807, 2.05) is 50.2 Å². The van der Waals surface area contributed by atoms with Crippen LogP contribution in [0, 0.1) is 13.8 Å². The maximum absolute atomic E-state index is 6.05. The van der Waals surface area contributed by atoms with Crippen LogP contribution >= 0.6 is 15.9 Å². The van der Waals surface area contributed by atoms with E-state index in [2.05, 4.69) is 31.2 Å². The van der Waals surface area contributed by atoms with Crippen molar-refractivity contribution in [3.05, 3.63) is 63.8 Å². The van der Waals surface area contributed by atoms with Gasteiger partial charge in [0.15, 0.2) is 5.82 Å². The normalized spacial score (nSPS) is 10.5. The zero-order chi connectivity index (χ0) is 20.1. The highest BCUT2D eigenvalue weighted by molar-refractivity contribution is 9.10. The maximum atomic E-state index is 6.05. The summed E-state index contributed by atoms with van der Waals surface area (Å²) in [6.07, 6.45) is 1.66. The fraction of sp³-hybridized carbons (Fsp3) is 0.238. The highest BCUT2D eigenvalue weighted by Gasteiger charge is 2.13. The molecule has 0 atom stereocenters. The first-order chi connectivity index (χ1) is 13.5. The van der Waals surface area contributed by atoms with Crippen molar-refractivity contribution in [2.24, 2.45) is 0 Å². The monoisotopic (exact) mass is 443 g/mol. The van der Waals surface area contributed by atoms with Gasteiger partial charge in [-0.15, -0.1) is 0 Å². The van der Waals surface area contributed by atoms with Gasteiger partial charge in [-0.3, -0.25) is 0 Å². The Labute approximate surface area is 173 Å². The van der Waals surface area contributed by atoms with Crippen LogP contribution in [0.4, 0.5) is 11.5 Å². The van der Waals surface area contributed by atoms with E-state index in [1.54, 1.807) is 13.3 Å². The van der Waals surface area contributed by atoms with Crippen molar-refractivity contribution < 1.29 is 14.2 Å². The van der Waals surface area contributed by atoms with Crippen molar-refractivity contribution in [1.29, 1.82) is 0 Å². The predicted molar refractivity (Wildman–Crippen MR) is 113 cm³/mol. The third-order valence-electron chi connectivity index (χ3n) is 4.33. The molecule has 1 aromatic heterocycles. The van der Waals surface area contributed by atoms with E-state index in [9.17, 15) is 0 Å². The van der Waals surface area contributed by atoms with Gasteiger partial charge in [-0.1, -0.05) is 18.2 Å². The summed E-state index contributed by atoms with van der Waals surface area (Å²) in [5.41, 5.74) is 4.09. The Morgan fingerprint density at radius 3 is 2.43 bits per heavy atom. The summed E-state index contributed by atoms with van der Waals surface area (Å²) in [4.78, 5) is 8.45. The molecule has 1 heterocycles. The summed E-state index contributed by atoms with van der Waals surface area (Å²) in [6, 6.07) is 12.1. The van der Waals surface area contributed by atoms with Crippen LogP contribution in [0.25, 0.3) is 0 Å². The second-order valence-corrected chi connectivity index (χ2v) is 7.05. The minimum Gasteiger partial charge on any atom is -0.497 e. The van der Waals surface area contributed by atoms with Crippen LogP contribution in [0.2, 0.25) is 0 Å². The summed E-state index contributed by atoms with van der Waals surface area (Å²) in [5, 5.41) is 3.36. The van der Waals surface area contributed by atoms with E-state index in [0.29, 0.717) is 18.4 Å². The van der Waals surface area contributed by atoms with Crippen LogP contribution in [0.15, 0.2) is 47.1 Å². The van der Waals surface area contributed by atoms with Crippen LogP contribution in [-0.2, 0) is 6.61 Å². The van der Waals surface area contributed by atoms with Crippen LogP contribution in [0.3, 0.4) is 0 Å². The lowest BCUT2D eigenvalue weighted by Crippen LogP contribution is -2.04. The second kappa shape index (κ2) is 8.93. The van der Waals surface area contributed by atoms with Crippen LogP contribution in [0.5, 0.6) is 17.5 Å². The molecule has 0 radical (unpaired) electrons. The molecule has 0 aliphatic rings. The zero-order valence-electron chi connectivity index (χ0n) is 16.2. The molecule has 0 fully saturated rings. The Morgan fingerprint density at radius 2 is 1.75 bits per heavy atom. The predicted octanol–water partition coefficient (Wildman–Crippen LogP) is 5.20. The van der Waals surface area contributed by atoms with E-state index in [0.717, 1.165) is 38.3 Å². The van der Waals surface area contributed by atoms with Crippen molar-refractivity contribution in [1.82, 2.24) is 9.97 Å². The van der Waals surface area contributed by atoms with Crippen molar-refractivity contribution in [3.63, 3.8) is 0 Å². The maximum Gasteiger partial charge on any atom is 0.318 e. The van der Waals surface area contributed by atoms with E-state index >= 15 is 0 Å². The van der Waals surface area contributed by atoms with E-state index < -0.39 is 0 Å². The molecule has 146 valence electrons. The number of anilines is 2. The van der Waals surface area contributed by atoms with Gasteiger partial charge in [0.25, 0.3) is 0 Å². The molecule has 2 aromatic carbocycles. The summed E-state index contributed by atoms with van der Waals surface area (Å²) in [5.74, 6) is 2.26. The van der Waals surface area contributed by atoms with Gasteiger partial charge in [-0.05, 0) is 59.1 Å². The number of benzene rings is 2. The molecular weight excluding hydrogens is 422 g/mol. The fourth-order valence-corrected chi connectivity index (χ4v) is 3.01. The Kier molecular flexibility index (Phi) is 6.36. The number of nitrogens with zero attached hydrogens (tertiary/aromatic N) is 2. The average Bonchev–Trinajstić information content (AvgIpc) is 2.72. The highest BCUT2D eigenvalue weighted by Crippen LogP contribution is 2.33. The van der Waals surface area contributed by atoms with Gasteiger partial charge >= 0.3 is 6.01 Å². The van der Waals surface area contributed by atoms with Gasteiger partial charge in [0.1, 0.15) is 18.1 Å². The van der Waals surface area contributed by atoms with Crippen LogP contribution < -0.4 is 19.5 Å². The van der Waals surface area contributed by atoms with E-state index in [1.165, 1.54) is 7.11 Å². The molecule has 0 saturated heterocycles. The van der Waals surface area contributed by atoms with Crippen molar-refractivity contribution in [3.8, 4) is 17.5 Å². The van der Waals surface area contributed by atoms with E-state index in [-0.39, 0.29) is 0 Å². The highest BCUT2D eigenvalue weighted by atomic mass is 79.9. The molecule has 0 unspecified atom stereocenters. The molecule has 0 saturated carbocycles. The molecule has 7 heteroatoms. The summed E-state index contributed by atoms with van der Waals surface area (Å²) >= 11 is 3.47.